The molecule has 5 unspecified atom stereocenters. The molecule has 0 bridgehead atoms. The first-order valence-corrected chi connectivity index (χ1v) is 23.2. The van der Waals surface area contributed by atoms with Gasteiger partial charge in [0.2, 0.25) is 17.7 Å². The number of aliphatic hydroxyl groups is 1. The molecule has 8 aliphatic rings. The number of imide groups is 1. The van der Waals surface area contributed by atoms with Crippen LogP contribution in [0.2, 0.25) is 0 Å². The Balaban J connectivity index is 0.779. The summed E-state index contributed by atoms with van der Waals surface area (Å²) in [6, 6.07) is -0.0559. The minimum atomic E-state index is -1.07. The minimum Gasteiger partial charge on any atom is -0.393 e. The fourth-order valence-corrected chi connectivity index (χ4v) is 13.3. The summed E-state index contributed by atoms with van der Waals surface area (Å²) in [5.74, 6) is 1.54. The molecule has 9 nitrogen and oxygen atoms in total. The highest BCUT2D eigenvalue weighted by atomic mass is 19.1. The van der Waals surface area contributed by atoms with Crippen LogP contribution in [-0.2, 0) is 14.4 Å². The van der Waals surface area contributed by atoms with Crippen LogP contribution in [0.25, 0.3) is 0 Å². The molecule has 0 aromatic carbocycles. The van der Waals surface area contributed by atoms with Gasteiger partial charge in [0.25, 0.3) is 0 Å². The number of amides is 3. The van der Waals surface area contributed by atoms with Crippen LogP contribution in [0, 0.1) is 35.5 Å². The lowest BCUT2D eigenvalue weighted by molar-refractivity contribution is -0.145. The van der Waals surface area contributed by atoms with Gasteiger partial charge in [-0.1, -0.05) is 37.3 Å². The molecule has 5 atom stereocenters. The van der Waals surface area contributed by atoms with E-state index in [0.717, 1.165) is 69.4 Å². The van der Waals surface area contributed by atoms with E-state index >= 15 is 4.39 Å². The summed E-state index contributed by atoms with van der Waals surface area (Å²) in [6.45, 7) is 10.1. The third-order valence-electron chi connectivity index (χ3n) is 16.3. The smallest absolute Gasteiger partial charge is 0.249 e. The molecule has 4 aliphatic heterocycles. The van der Waals surface area contributed by atoms with Crippen molar-refractivity contribution in [2.45, 2.75) is 166 Å². The average Bonchev–Trinajstić information content (AvgIpc) is 3.55. The van der Waals surface area contributed by atoms with Crippen LogP contribution in [-0.4, -0.2) is 125 Å². The topological polar surface area (TPSA) is 96.4 Å². The van der Waals surface area contributed by atoms with Crippen molar-refractivity contribution in [1.82, 2.24) is 24.9 Å². The first kappa shape index (κ1) is 39.9. The molecule has 4 saturated heterocycles. The number of allylic oxidation sites excluding steroid dienone is 2. The Morgan fingerprint density at radius 2 is 1.40 bits per heavy atom. The van der Waals surface area contributed by atoms with Crippen LogP contribution >= 0.6 is 0 Å². The molecule has 8 rings (SSSR count). The molecule has 0 aromatic rings. The lowest BCUT2D eigenvalue weighted by Gasteiger charge is -2.46. The van der Waals surface area contributed by atoms with Crippen LogP contribution in [0.15, 0.2) is 11.1 Å². The number of alkyl halides is 1. The average molecular weight is 766 g/mol. The van der Waals surface area contributed by atoms with Crippen LogP contribution in [0.5, 0.6) is 0 Å². The van der Waals surface area contributed by atoms with Crippen LogP contribution in [0.4, 0.5) is 4.39 Å². The van der Waals surface area contributed by atoms with Gasteiger partial charge in [-0.25, -0.2) is 4.39 Å². The lowest BCUT2D eigenvalue weighted by Crippen LogP contribution is -2.57. The Bertz CT molecular complexity index is 1370. The largest absolute Gasteiger partial charge is 0.393 e. The summed E-state index contributed by atoms with van der Waals surface area (Å²) in [7, 11) is 0. The number of aliphatic hydroxyl groups excluding tert-OH is 1. The number of fused-ring (bicyclic) bond motifs is 1. The maximum absolute atomic E-state index is 16.2. The molecule has 4 saturated carbocycles. The number of nitrogens with one attached hydrogen (secondary N) is 1. The number of carbonyl (C=O) groups excluding carboxylic acids is 3. The second-order valence-electron chi connectivity index (χ2n) is 19.3. The summed E-state index contributed by atoms with van der Waals surface area (Å²) in [5.41, 5.74) is 3.74. The molecule has 4 heterocycles. The number of nitrogens with zero attached hydrogens (tertiary/aromatic N) is 4. The van der Waals surface area contributed by atoms with E-state index in [1.165, 1.54) is 103 Å². The molecular formula is C45H72FN5O4. The van der Waals surface area contributed by atoms with Crippen molar-refractivity contribution in [3.8, 4) is 0 Å². The van der Waals surface area contributed by atoms with E-state index in [0.29, 0.717) is 25.2 Å². The predicted molar refractivity (Wildman–Crippen MR) is 213 cm³/mol. The highest BCUT2D eigenvalue weighted by molar-refractivity contribution is 6.02. The Labute approximate surface area is 330 Å². The zero-order chi connectivity index (χ0) is 38.1. The van der Waals surface area contributed by atoms with Crippen molar-refractivity contribution in [3.63, 3.8) is 0 Å². The molecule has 308 valence electrons. The van der Waals surface area contributed by atoms with Gasteiger partial charge in [-0.3, -0.25) is 24.6 Å². The fraction of sp³-hybridized carbons (Fsp3) is 0.889. The van der Waals surface area contributed by atoms with Gasteiger partial charge >= 0.3 is 0 Å². The van der Waals surface area contributed by atoms with Gasteiger partial charge in [-0.2, -0.15) is 0 Å². The van der Waals surface area contributed by atoms with Gasteiger partial charge < -0.3 is 19.8 Å². The molecule has 8 fully saturated rings. The number of carbonyl (C=O) groups is 3. The second-order valence-corrected chi connectivity index (χ2v) is 19.3. The quantitative estimate of drug-likeness (QED) is 0.217. The predicted octanol–water partition coefficient (Wildman–Crippen LogP) is 6.09. The second kappa shape index (κ2) is 17.9. The highest BCUT2D eigenvalue weighted by Gasteiger charge is 2.53. The van der Waals surface area contributed by atoms with Gasteiger partial charge in [0.15, 0.2) is 0 Å². The monoisotopic (exact) mass is 766 g/mol. The normalized spacial score (nSPS) is 38.9. The van der Waals surface area contributed by atoms with Crippen molar-refractivity contribution in [3.05, 3.63) is 11.1 Å². The molecule has 0 radical (unpaired) electrons. The Morgan fingerprint density at radius 1 is 0.727 bits per heavy atom. The molecule has 10 heteroatoms. The SMILES string of the molecule is CC/C(=C(\C1CCC(O)CC1)C1CCC(N2CCC(CN3CCN(C4CCC5C(=O)N(C6CCC(=O)NC6=O)CC5C4F)CC3)CC2)CC1)C1CCCCC1. The van der Waals surface area contributed by atoms with E-state index in [2.05, 4.69) is 26.9 Å². The van der Waals surface area contributed by atoms with E-state index in [1.807, 2.05) is 11.1 Å². The number of piperidine rings is 2. The molecule has 4 aliphatic carbocycles. The van der Waals surface area contributed by atoms with E-state index in [-0.39, 0.29) is 48.8 Å². The summed E-state index contributed by atoms with van der Waals surface area (Å²) in [4.78, 5) is 46.9. The van der Waals surface area contributed by atoms with Crippen LogP contribution in [0.3, 0.4) is 0 Å². The number of hydrogen-bond acceptors (Lipinski definition) is 7. The minimum absolute atomic E-state index is 0.0800. The zero-order valence-electron chi connectivity index (χ0n) is 34.0. The van der Waals surface area contributed by atoms with Crippen molar-refractivity contribution in [2.24, 2.45) is 35.5 Å². The zero-order valence-corrected chi connectivity index (χ0v) is 34.0. The van der Waals surface area contributed by atoms with Crippen LogP contribution < -0.4 is 5.32 Å². The Kier molecular flexibility index (Phi) is 13.0. The first-order chi connectivity index (χ1) is 26.8. The third-order valence-corrected chi connectivity index (χ3v) is 16.3. The van der Waals surface area contributed by atoms with Gasteiger partial charge in [-0.05, 0) is 139 Å². The standard InChI is InChI=1S/C45H72FN5O4/c1-2-36(31-6-4-3-5-7-31)42(33-10-14-35(52)15-11-33)32-8-12-34(13-9-32)49-22-20-30(21-23-49)28-48-24-26-50(27-25-48)39-17-16-37-38(43(39)46)29-51(45(37)55)40-18-19-41(53)47-44(40)54/h30-35,37-40,43,52H,2-29H2,1H3,(H,47,53,54)/b42-36+. The van der Waals surface area contributed by atoms with E-state index < -0.39 is 18.1 Å². The van der Waals surface area contributed by atoms with Crippen LogP contribution in [0.1, 0.15) is 135 Å². The Hall–Kier alpha value is -1.88. The Morgan fingerprint density at radius 3 is 2.05 bits per heavy atom. The number of hydrogen-bond donors (Lipinski definition) is 2. The molecule has 0 aromatic heterocycles. The first-order valence-electron chi connectivity index (χ1n) is 23.2. The van der Waals surface area contributed by atoms with Crippen molar-refractivity contribution in [1.29, 1.82) is 0 Å². The maximum atomic E-state index is 16.2. The van der Waals surface area contributed by atoms with E-state index in [9.17, 15) is 19.5 Å². The van der Waals surface area contributed by atoms with Gasteiger partial charge in [0.1, 0.15) is 12.2 Å². The molecule has 0 spiro atoms. The van der Waals surface area contributed by atoms with E-state index in [1.54, 1.807) is 4.90 Å². The molecule has 3 amide bonds. The maximum Gasteiger partial charge on any atom is 0.249 e. The summed E-state index contributed by atoms with van der Waals surface area (Å²) < 4.78 is 16.2. The van der Waals surface area contributed by atoms with Gasteiger partial charge in [0.05, 0.1) is 6.10 Å². The summed E-state index contributed by atoms with van der Waals surface area (Å²) >= 11 is 0. The number of halogens is 1. The number of rotatable bonds is 9. The fourth-order valence-electron chi connectivity index (χ4n) is 13.3. The molecule has 55 heavy (non-hydrogen) atoms. The third kappa shape index (κ3) is 8.78. The number of piperazine rings is 1. The van der Waals surface area contributed by atoms with Crippen molar-refractivity contribution < 1.29 is 23.9 Å². The summed E-state index contributed by atoms with van der Waals surface area (Å²) in [6.07, 6.45) is 21.4. The molecule has 2 N–H and O–H groups in total. The molecular weight excluding hydrogens is 694 g/mol. The van der Waals surface area contributed by atoms with Crippen molar-refractivity contribution >= 4 is 17.7 Å². The van der Waals surface area contributed by atoms with Gasteiger partial charge in [-0.15, -0.1) is 0 Å². The highest BCUT2D eigenvalue weighted by Crippen LogP contribution is 2.47. The van der Waals surface area contributed by atoms with Crippen molar-refractivity contribution in [2.75, 3.05) is 52.4 Å². The lowest BCUT2D eigenvalue weighted by atomic mass is 9.67. The number of likely N-dealkylation sites (tertiary alicyclic amines) is 2. The summed E-state index contributed by atoms with van der Waals surface area (Å²) in [5, 5.41) is 12.7. The van der Waals surface area contributed by atoms with E-state index in [4.69, 9.17) is 0 Å². The van der Waals surface area contributed by atoms with Gasteiger partial charge in [0, 0.05) is 69.6 Å².